The molecule has 0 aliphatic rings. The Morgan fingerprint density at radius 1 is 1.59 bits per heavy atom. The van der Waals surface area contributed by atoms with Crippen molar-refractivity contribution < 1.29 is 12.8 Å². The molecule has 96 valence electrons. The van der Waals surface area contributed by atoms with E-state index in [1.54, 1.807) is 0 Å². The largest absolute Gasteiger partial charge is 0.329 e. The number of halogens is 3. The molecule has 1 aromatic carbocycles. The fourth-order valence-corrected chi connectivity index (χ4v) is 3.05. The van der Waals surface area contributed by atoms with Gasteiger partial charge in [-0.2, -0.15) is 0 Å². The molecule has 0 spiro atoms. The highest BCUT2D eigenvalue weighted by Gasteiger charge is 2.21. The van der Waals surface area contributed by atoms with Crippen LogP contribution in [0.25, 0.3) is 0 Å². The first-order chi connectivity index (χ1) is 7.77. The van der Waals surface area contributed by atoms with E-state index in [0.717, 1.165) is 12.1 Å². The molecule has 1 atom stereocenters. The standard InChI is InChI=1S/C9H11BrClFN2O2S/c1-5(4-13)17(15,16)14-9-7(10)2-6(12)3-8(9)11/h2-3,5,14H,4,13H2,1H3. The van der Waals surface area contributed by atoms with Crippen molar-refractivity contribution in [2.75, 3.05) is 11.3 Å². The third-order valence-corrected chi connectivity index (χ3v) is 4.78. The average molecular weight is 346 g/mol. The van der Waals surface area contributed by atoms with Gasteiger partial charge in [0.05, 0.1) is 16.0 Å². The lowest BCUT2D eigenvalue weighted by Gasteiger charge is -2.15. The Hall–Kier alpha value is -0.370. The summed E-state index contributed by atoms with van der Waals surface area (Å²) >= 11 is 8.80. The molecule has 0 radical (unpaired) electrons. The van der Waals surface area contributed by atoms with E-state index in [0.29, 0.717) is 0 Å². The first-order valence-electron chi connectivity index (χ1n) is 4.64. The molecule has 0 saturated heterocycles. The van der Waals surface area contributed by atoms with Crippen LogP contribution >= 0.6 is 27.5 Å². The van der Waals surface area contributed by atoms with Gasteiger partial charge in [-0.15, -0.1) is 0 Å². The fourth-order valence-electron chi connectivity index (χ4n) is 1.01. The van der Waals surface area contributed by atoms with Crippen LogP contribution < -0.4 is 10.5 Å². The van der Waals surface area contributed by atoms with Crippen LogP contribution in [0.3, 0.4) is 0 Å². The SMILES string of the molecule is CC(CN)S(=O)(=O)Nc1c(Cl)cc(F)cc1Br. The molecule has 1 unspecified atom stereocenters. The summed E-state index contributed by atoms with van der Waals surface area (Å²) in [6.07, 6.45) is 0. The normalized spacial score (nSPS) is 13.5. The van der Waals surface area contributed by atoms with E-state index in [1.807, 2.05) is 0 Å². The monoisotopic (exact) mass is 344 g/mol. The molecule has 0 saturated carbocycles. The third kappa shape index (κ3) is 3.54. The Morgan fingerprint density at radius 3 is 2.65 bits per heavy atom. The topological polar surface area (TPSA) is 72.2 Å². The summed E-state index contributed by atoms with van der Waals surface area (Å²) < 4.78 is 39.0. The number of nitrogens with one attached hydrogen (secondary N) is 1. The van der Waals surface area contributed by atoms with Crippen LogP contribution in [0.5, 0.6) is 0 Å². The van der Waals surface area contributed by atoms with Crippen molar-refractivity contribution in [3.05, 3.63) is 27.4 Å². The van der Waals surface area contributed by atoms with Gasteiger partial charge >= 0.3 is 0 Å². The summed E-state index contributed by atoms with van der Waals surface area (Å²) in [6.45, 7) is 1.44. The summed E-state index contributed by atoms with van der Waals surface area (Å²) in [7, 11) is -3.63. The van der Waals surface area contributed by atoms with Crippen molar-refractivity contribution in [2.45, 2.75) is 12.2 Å². The maximum Gasteiger partial charge on any atom is 0.236 e. The van der Waals surface area contributed by atoms with Gasteiger partial charge in [-0.25, -0.2) is 12.8 Å². The molecule has 0 bridgehead atoms. The van der Waals surface area contributed by atoms with Crippen molar-refractivity contribution in [2.24, 2.45) is 5.73 Å². The number of nitrogens with two attached hydrogens (primary N) is 1. The summed E-state index contributed by atoms with van der Waals surface area (Å²) in [6, 6.07) is 2.15. The minimum atomic E-state index is -3.63. The van der Waals surface area contributed by atoms with Crippen LogP contribution in [0.2, 0.25) is 5.02 Å². The summed E-state index contributed by atoms with van der Waals surface area (Å²) in [5, 5.41) is -0.791. The van der Waals surface area contributed by atoms with Crippen molar-refractivity contribution in [3.63, 3.8) is 0 Å². The van der Waals surface area contributed by atoms with Crippen LogP contribution in [-0.2, 0) is 10.0 Å². The Bertz CT molecular complexity index is 501. The van der Waals surface area contributed by atoms with E-state index in [9.17, 15) is 12.8 Å². The Balaban J connectivity index is 3.13. The molecule has 0 aromatic heterocycles. The zero-order valence-electron chi connectivity index (χ0n) is 8.88. The molecule has 3 N–H and O–H groups in total. The Morgan fingerprint density at radius 2 is 2.18 bits per heavy atom. The van der Waals surface area contributed by atoms with Crippen molar-refractivity contribution in [1.29, 1.82) is 0 Å². The van der Waals surface area contributed by atoms with Crippen molar-refractivity contribution in [3.8, 4) is 0 Å². The van der Waals surface area contributed by atoms with Crippen LogP contribution in [0.1, 0.15) is 6.92 Å². The smallest absolute Gasteiger partial charge is 0.236 e. The van der Waals surface area contributed by atoms with Crippen LogP contribution in [0.4, 0.5) is 10.1 Å². The highest BCUT2D eigenvalue weighted by atomic mass is 79.9. The number of anilines is 1. The molecular weight excluding hydrogens is 335 g/mol. The lowest BCUT2D eigenvalue weighted by molar-refractivity contribution is 0.589. The van der Waals surface area contributed by atoms with E-state index in [1.165, 1.54) is 6.92 Å². The molecule has 0 amide bonds. The lowest BCUT2D eigenvalue weighted by Crippen LogP contribution is -2.31. The number of benzene rings is 1. The molecule has 0 fully saturated rings. The van der Waals surface area contributed by atoms with E-state index in [-0.39, 0.29) is 21.7 Å². The minimum absolute atomic E-state index is 0.0221. The minimum Gasteiger partial charge on any atom is -0.329 e. The summed E-state index contributed by atoms with van der Waals surface area (Å²) in [4.78, 5) is 0. The van der Waals surface area contributed by atoms with E-state index in [2.05, 4.69) is 20.7 Å². The number of hydrogen-bond donors (Lipinski definition) is 2. The van der Waals surface area contributed by atoms with Gasteiger partial charge in [-0.3, -0.25) is 4.72 Å². The number of sulfonamides is 1. The van der Waals surface area contributed by atoms with Gasteiger partial charge in [0, 0.05) is 11.0 Å². The van der Waals surface area contributed by atoms with Crippen molar-refractivity contribution >= 4 is 43.2 Å². The maximum atomic E-state index is 13.0. The average Bonchev–Trinajstić information content (AvgIpc) is 2.22. The zero-order chi connectivity index (χ0) is 13.2. The second-order valence-electron chi connectivity index (χ2n) is 3.44. The van der Waals surface area contributed by atoms with E-state index >= 15 is 0 Å². The second-order valence-corrected chi connectivity index (χ2v) is 6.80. The number of rotatable bonds is 4. The van der Waals surface area contributed by atoms with Crippen LogP contribution in [0.15, 0.2) is 16.6 Å². The quantitative estimate of drug-likeness (QED) is 0.879. The van der Waals surface area contributed by atoms with Gasteiger partial charge in [0.1, 0.15) is 5.82 Å². The molecule has 1 aromatic rings. The molecule has 8 heteroatoms. The molecule has 0 aliphatic carbocycles. The molecule has 17 heavy (non-hydrogen) atoms. The summed E-state index contributed by atoms with van der Waals surface area (Å²) in [5.41, 5.74) is 5.39. The van der Waals surface area contributed by atoms with Gasteiger partial charge in [-0.05, 0) is 35.0 Å². The Labute approximate surface area is 113 Å². The Kier molecular flexibility index (Phi) is 4.77. The van der Waals surface area contributed by atoms with E-state index < -0.39 is 21.1 Å². The van der Waals surface area contributed by atoms with Gasteiger partial charge < -0.3 is 5.73 Å². The zero-order valence-corrected chi connectivity index (χ0v) is 12.0. The maximum absolute atomic E-state index is 13.0. The lowest BCUT2D eigenvalue weighted by atomic mass is 10.3. The van der Waals surface area contributed by atoms with Gasteiger partial charge in [0.25, 0.3) is 0 Å². The van der Waals surface area contributed by atoms with Gasteiger partial charge in [0.15, 0.2) is 0 Å². The van der Waals surface area contributed by atoms with Crippen molar-refractivity contribution in [1.82, 2.24) is 0 Å². The fraction of sp³-hybridized carbons (Fsp3) is 0.333. The highest BCUT2D eigenvalue weighted by Crippen LogP contribution is 2.32. The molecule has 0 heterocycles. The van der Waals surface area contributed by atoms with E-state index in [4.69, 9.17) is 17.3 Å². The highest BCUT2D eigenvalue weighted by molar-refractivity contribution is 9.10. The molecule has 0 aliphatic heterocycles. The molecular formula is C9H11BrClFN2O2S. The summed E-state index contributed by atoms with van der Waals surface area (Å²) in [5.74, 6) is -0.559. The first kappa shape index (κ1) is 14.7. The van der Waals surface area contributed by atoms with Gasteiger partial charge in [-0.1, -0.05) is 11.6 Å². The molecule has 1 rings (SSSR count). The predicted octanol–water partition coefficient (Wildman–Crippen LogP) is 2.33. The molecule has 4 nitrogen and oxygen atoms in total. The van der Waals surface area contributed by atoms with Crippen LogP contribution in [0, 0.1) is 5.82 Å². The predicted molar refractivity (Wildman–Crippen MR) is 70.2 cm³/mol. The first-order valence-corrected chi connectivity index (χ1v) is 7.36. The number of hydrogen-bond acceptors (Lipinski definition) is 3. The van der Waals surface area contributed by atoms with Gasteiger partial charge in [0.2, 0.25) is 10.0 Å². The second kappa shape index (κ2) is 5.51. The third-order valence-electron chi connectivity index (χ3n) is 2.11. The van der Waals surface area contributed by atoms with Crippen LogP contribution in [-0.4, -0.2) is 20.2 Å².